The molecule has 1 rings (SSSR count). The van der Waals surface area contributed by atoms with E-state index in [1.807, 2.05) is 0 Å². The molecular formula is C29H52O4. The molecule has 0 aromatic carbocycles. The average Bonchev–Trinajstić information content (AvgIpc) is 3.31. The standard InChI is InChI=1S/C29H52O4/c1-5-7-9-11-13-17-21-32-28(30)26(23-24(3)4)27(25-19-15-16-20-25)29(31)33-22-18-14-12-10-8-6-2/h24-25H,5-23H2,1-4H3/b27-26-. The lowest BCUT2D eigenvalue weighted by Crippen LogP contribution is -2.23. The zero-order valence-electron chi connectivity index (χ0n) is 22.2. The monoisotopic (exact) mass is 464 g/mol. The number of esters is 2. The molecule has 0 spiro atoms. The van der Waals surface area contributed by atoms with Gasteiger partial charge in [-0.15, -0.1) is 0 Å². The van der Waals surface area contributed by atoms with Crippen molar-refractivity contribution in [2.75, 3.05) is 13.2 Å². The van der Waals surface area contributed by atoms with Crippen molar-refractivity contribution in [2.24, 2.45) is 11.8 Å². The lowest BCUT2D eigenvalue weighted by molar-refractivity contribution is -0.143. The van der Waals surface area contributed by atoms with Crippen molar-refractivity contribution in [3.8, 4) is 0 Å². The third-order valence-electron chi connectivity index (χ3n) is 6.63. The molecule has 0 unspecified atom stereocenters. The Morgan fingerprint density at radius 3 is 1.64 bits per heavy atom. The summed E-state index contributed by atoms with van der Waals surface area (Å²) >= 11 is 0. The first-order chi connectivity index (χ1) is 16.0. The summed E-state index contributed by atoms with van der Waals surface area (Å²) in [6.07, 6.45) is 18.6. The van der Waals surface area contributed by atoms with Gasteiger partial charge in [-0.05, 0) is 43.9 Å². The molecule has 0 aromatic heterocycles. The molecule has 33 heavy (non-hydrogen) atoms. The van der Waals surface area contributed by atoms with Crippen LogP contribution in [0.2, 0.25) is 0 Å². The Kier molecular flexibility index (Phi) is 17.1. The van der Waals surface area contributed by atoms with Gasteiger partial charge in [-0.25, -0.2) is 9.59 Å². The van der Waals surface area contributed by atoms with Crippen LogP contribution in [0.15, 0.2) is 11.1 Å². The summed E-state index contributed by atoms with van der Waals surface area (Å²) in [5.41, 5.74) is 1.20. The van der Waals surface area contributed by atoms with Gasteiger partial charge in [0.1, 0.15) is 0 Å². The van der Waals surface area contributed by atoms with E-state index < -0.39 is 0 Å². The highest BCUT2D eigenvalue weighted by Gasteiger charge is 2.32. The van der Waals surface area contributed by atoms with Gasteiger partial charge >= 0.3 is 11.9 Å². The summed E-state index contributed by atoms with van der Waals surface area (Å²) in [5, 5.41) is 0. The number of ether oxygens (including phenoxy) is 2. The van der Waals surface area contributed by atoms with E-state index in [4.69, 9.17) is 9.47 Å². The van der Waals surface area contributed by atoms with Crippen LogP contribution in [0.25, 0.3) is 0 Å². The molecule has 0 heterocycles. The molecule has 0 radical (unpaired) electrons. The number of carbonyl (C=O) groups excluding carboxylic acids is 2. The smallest absolute Gasteiger partial charge is 0.334 e. The molecule has 4 heteroatoms. The maximum atomic E-state index is 13.2. The molecule has 0 aliphatic heterocycles. The number of unbranched alkanes of at least 4 members (excludes halogenated alkanes) is 10. The maximum absolute atomic E-state index is 13.2. The van der Waals surface area contributed by atoms with Gasteiger partial charge in [-0.2, -0.15) is 0 Å². The second-order valence-electron chi connectivity index (χ2n) is 10.3. The lowest BCUT2D eigenvalue weighted by atomic mass is 9.88. The molecule has 1 aliphatic carbocycles. The van der Waals surface area contributed by atoms with E-state index >= 15 is 0 Å². The van der Waals surface area contributed by atoms with Crippen LogP contribution in [0, 0.1) is 11.8 Å². The van der Waals surface area contributed by atoms with E-state index in [0.717, 1.165) is 51.4 Å². The van der Waals surface area contributed by atoms with Gasteiger partial charge in [0.15, 0.2) is 0 Å². The third kappa shape index (κ3) is 13.2. The van der Waals surface area contributed by atoms with Gasteiger partial charge in [0.05, 0.1) is 18.8 Å². The molecule has 4 nitrogen and oxygen atoms in total. The zero-order valence-corrected chi connectivity index (χ0v) is 22.2. The summed E-state index contributed by atoms with van der Waals surface area (Å²) < 4.78 is 11.4. The van der Waals surface area contributed by atoms with Gasteiger partial charge in [-0.1, -0.05) is 105 Å². The molecular weight excluding hydrogens is 412 g/mol. The average molecular weight is 465 g/mol. The Bertz CT molecular complexity index is 558. The van der Waals surface area contributed by atoms with Crippen molar-refractivity contribution in [2.45, 2.75) is 137 Å². The minimum atomic E-state index is -0.296. The molecule has 0 bridgehead atoms. The predicted octanol–water partition coefficient (Wildman–Crippen LogP) is 8.33. The van der Waals surface area contributed by atoms with Crippen LogP contribution in [-0.2, 0) is 19.1 Å². The highest BCUT2D eigenvalue weighted by atomic mass is 16.5. The van der Waals surface area contributed by atoms with Crippen molar-refractivity contribution in [1.29, 1.82) is 0 Å². The molecule has 1 aliphatic rings. The zero-order chi connectivity index (χ0) is 24.3. The summed E-state index contributed by atoms with van der Waals surface area (Å²) in [7, 11) is 0. The number of carbonyl (C=O) groups is 2. The van der Waals surface area contributed by atoms with Crippen LogP contribution in [0.5, 0.6) is 0 Å². The Morgan fingerprint density at radius 1 is 0.697 bits per heavy atom. The lowest BCUT2D eigenvalue weighted by Gasteiger charge is -2.20. The Labute approximate surface area is 204 Å². The van der Waals surface area contributed by atoms with Crippen LogP contribution in [0.3, 0.4) is 0 Å². The largest absolute Gasteiger partial charge is 0.462 e. The van der Waals surface area contributed by atoms with Crippen molar-refractivity contribution in [1.82, 2.24) is 0 Å². The van der Waals surface area contributed by atoms with Gasteiger partial charge in [0.2, 0.25) is 0 Å². The van der Waals surface area contributed by atoms with Crippen LogP contribution in [0.1, 0.15) is 137 Å². The molecule has 0 amide bonds. The summed E-state index contributed by atoms with van der Waals surface area (Å²) in [5.74, 6) is -0.153. The first-order valence-electron chi connectivity index (χ1n) is 14.1. The van der Waals surface area contributed by atoms with E-state index in [2.05, 4.69) is 27.7 Å². The summed E-state index contributed by atoms with van der Waals surface area (Å²) in [6.45, 7) is 9.50. The van der Waals surface area contributed by atoms with Crippen molar-refractivity contribution in [3.05, 3.63) is 11.1 Å². The number of hydrogen-bond donors (Lipinski definition) is 0. The van der Waals surface area contributed by atoms with Crippen LogP contribution >= 0.6 is 0 Å². The molecule has 1 saturated carbocycles. The van der Waals surface area contributed by atoms with Crippen LogP contribution < -0.4 is 0 Å². The van der Waals surface area contributed by atoms with E-state index in [9.17, 15) is 9.59 Å². The van der Waals surface area contributed by atoms with Crippen molar-refractivity contribution < 1.29 is 19.1 Å². The van der Waals surface area contributed by atoms with Gasteiger partial charge < -0.3 is 9.47 Å². The quantitative estimate of drug-likeness (QED) is 0.109. The first-order valence-corrected chi connectivity index (χ1v) is 14.1. The predicted molar refractivity (Wildman–Crippen MR) is 137 cm³/mol. The third-order valence-corrected chi connectivity index (χ3v) is 6.63. The van der Waals surface area contributed by atoms with E-state index in [1.54, 1.807) is 0 Å². The topological polar surface area (TPSA) is 52.6 Å². The molecule has 192 valence electrons. The van der Waals surface area contributed by atoms with Crippen molar-refractivity contribution >= 4 is 11.9 Å². The van der Waals surface area contributed by atoms with Crippen molar-refractivity contribution in [3.63, 3.8) is 0 Å². The molecule has 0 aromatic rings. The molecule has 0 saturated heterocycles. The minimum absolute atomic E-state index is 0.136. The fourth-order valence-electron chi connectivity index (χ4n) is 4.72. The second-order valence-corrected chi connectivity index (χ2v) is 10.3. The van der Waals surface area contributed by atoms with Crippen LogP contribution in [-0.4, -0.2) is 25.2 Å². The first kappa shape index (κ1) is 29.7. The van der Waals surface area contributed by atoms with E-state index in [1.165, 1.54) is 51.4 Å². The number of rotatable bonds is 19. The summed E-state index contributed by atoms with van der Waals surface area (Å²) in [4.78, 5) is 26.3. The fourth-order valence-corrected chi connectivity index (χ4v) is 4.72. The van der Waals surface area contributed by atoms with Gasteiger partial charge in [0, 0.05) is 5.57 Å². The second kappa shape index (κ2) is 19.0. The highest BCUT2D eigenvalue weighted by Crippen LogP contribution is 2.35. The Balaban J connectivity index is 2.74. The SMILES string of the molecule is CCCCCCCCOC(=O)/C(CC(C)C)=C(\C(=O)OCCCCCCCC)C1CCCC1. The van der Waals surface area contributed by atoms with E-state index in [0.29, 0.717) is 30.8 Å². The normalized spacial score (nSPS) is 15.1. The van der Waals surface area contributed by atoms with Gasteiger partial charge in [0.25, 0.3) is 0 Å². The fraction of sp³-hybridized carbons (Fsp3) is 0.862. The van der Waals surface area contributed by atoms with E-state index in [-0.39, 0.29) is 23.8 Å². The molecule has 0 N–H and O–H groups in total. The minimum Gasteiger partial charge on any atom is -0.462 e. The Morgan fingerprint density at radius 2 is 1.15 bits per heavy atom. The molecule has 1 fully saturated rings. The Hall–Kier alpha value is -1.32. The maximum Gasteiger partial charge on any atom is 0.334 e. The van der Waals surface area contributed by atoms with Gasteiger partial charge in [-0.3, -0.25) is 0 Å². The molecule has 0 atom stereocenters. The number of hydrogen-bond acceptors (Lipinski definition) is 4. The summed E-state index contributed by atoms with van der Waals surface area (Å²) in [6, 6.07) is 0. The highest BCUT2D eigenvalue weighted by molar-refractivity contribution is 6.00. The van der Waals surface area contributed by atoms with Crippen LogP contribution in [0.4, 0.5) is 0 Å².